The van der Waals surface area contributed by atoms with Gasteiger partial charge < -0.3 is 9.47 Å². The van der Waals surface area contributed by atoms with E-state index in [1.165, 1.54) is 6.92 Å². The number of esters is 1. The Balaban J connectivity index is 3.80. The van der Waals surface area contributed by atoms with Gasteiger partial charge in [-0.2, -0.15) is 0 Å². The standard InChI is InChI=1S/C11H22O3/c1-4-5-6-7-11(8-13-3)9-14-10(2)12/h11H,4-9H2,1-3H3/i3TD. The average molecular weight is 205 g/mol. The van der Waals surface area contributed by atoms with Crippen molar-refractivity contribution in [3.05, 3.63) is 0 Å². The highest BCUT2D eigenvalue weighted by Gasteiger charge is 2.09. The Kier molecular flexibility index (Phi) is 6.41. The lowest BCUT2D eigenvalue weighted by Gasteiger charge is -2.15. The van der Waals surface area contributed by atoms with Gasteiger partial charge in [0.15, 0.2) is 0 Å². The van der Waals surface area contributed by atoms with Crippen molar-refractivity contribution in [3.8, 4) is 0 Å². The third-order valence-electron chi connectivity index (χ3n) is 2.07. The van der Waals surface area contributed by atoms with E-state index < -0.39 is 7.06 Å². The quantitative estimate of drug-likeness (QED) is 0.451. The Labute approximate surface area is 89.6 Å². The first-order valence-electron chi connectivity index (χ1n) is 6.31. The fourth-order valence-electron chi connectivity index (χ4n) is 1.27. The summed E-state index contributed by atoms with van der Waals surface area (Å²) in [5, 5.41) is 0. The molecule has 0 aromatic carbocycles. The molecule has 0 heterocycles. The number of rotatable bonds is 8. The van der Waals surface area contributed by atoms with Crippen LogP contribution in [0.4, 0.5) is 0 Å². The number of ether oxygens (including phenoxy) is 2. The molecule has 0 radical (unpaired) electrons. The van der Waals surface area contributed by atoms with Crippen LogP contribution in [0, 0.1) is 5.92 Å². The predicted molar refractivity (Wildman–Crippen MR) is 56.1 cm³/mol. The molecule has 0 aliphatic rings. The molecular weight excluding hydrogens is 180 g/mol. The molecule has 3 nitrogen and oxygen atoms in total. The van der Waals surface area contributed by atoms with Crippen molar-refractivity contribution in [2.24, 2.45) is 5.92 Å². The first-order chi connectivity index (χ1) is 7.56. The van der Waals surface area contributed by atoms with E-state index in [-0.39, 0.29) is 11.9 Å². The summed E-state index contributed by atoms with van der Waals surface area (Å²) in [6.45, 7) is 4.14. The summed E-state index contributed by atoms with van der Waals surface area (Å²) >= 11 is 0. The number of unbranched alkanes of at least 4 members (excludes halogenated alkanes) is 2. The maximum absolute atomic E-state index is 10.7. The van der Waals surface area contributed by atoms with Crippen LogP contribution in [0.25, 0.3) is 0 Å². The zero-order valence-corrected chi connectivity index (χ0v) is 9.12. The van der Waals surface area contributed by atoms with Gasteiger partial charge in [0.05, 0.1) is 16.0 Å². The summed E-state index contributed by atoms with van der Waals surface area (Å²) < 4.78 is 23.7. The van der Waals surface area contributed by atoms with E-state index in [9.17, 15) is 4.79 Å². The average Bonchev–Trinajstić information content (AvgIpc) is 2.21. The Hall–Kier alpha value is -0.570. The molecule has 0 N–H and O–H groups in total. The molecule has 0 saturated carbocycles. The Morgan fingerprint density at radius 1 is 1.57 bits per heavy atom. The number of hydrogen-bond donors (Lipinski definition) is 0. The number of carbonyl (C=O) groups excluding carboxylic acids is 1. The van der Waals surface area contributed by atoms with Gasteiger partial charge in [-0.05, 0) is 6.42 Å². The Bertz CT molecular complexity index is 186. The first-order valence-corrected chi connectivity index (χ1v) is 5.15. The highest BCUT2D eigenvalue weighted by Crippen LogP contribution is 2.11. The molecule has 0 spiro atoms. The van der Waals surface area contributed by atoms with Crippen LogP contribution < -0.4 is 0 Å². The van der Waals surface area contributed by atoms with Crippen molar-refractivity contribution in [1.29, 1.82) is 0 Å². The molecule has 0 bridgehead atoms. The van der Waals surface area contributed by atoms with E-state index in [0.717, 1.165) is 25.7 Å². The summed E-state index contributed by atoms with van der Waals surface area (Å²) in [5.41, 5.74) is 0. The molecular formula is C11H22O3. The van der Waals surface area contributed by atoms with Crippen LogP contribution in [0.1, 0.15) is 42.3 Å². The van der Waals surface area contributed by atoms with Gasteiger partial charge in [0, 0.05) is 19.9 Å². The van der Waals surface area contributed by atoms with Crippen LogP contribution >= 0.6 is 0 Å². The zero-order valence-electron chi connectivity index (χ0n) is 11.1. The lowest BCUT2D eigenvalue weighted by molar-refractivity contribution is -0.142. The molecule has 0 aliphatic heterocycles. The lowest BCUT2D eigenvalue weighted by atomic mass is 10.0. The minimum absolute atomic E-state index is 0.105. The third-order valence-corrected chi connectivity index (χ3v) is 2.07. The van der Waals surface area contributed by atoms with Crippen LogP contribution in [0.15, 0.2) is 0 Å². The van der Waals surface area contributed by atoms with Crippen molar-refractivity contribution in [3.63, 3.8) is 0 Å². The predicted octanol–water partition coefficient (Wildman–Crippen LogP) is 2.39. The molecule has 14 heavy (non-hydrogen) atoms. The molecule has 0 rings (SSSR count). The second-order valence-electron chi connectivity index (χ2n) is 3.50. The van der Waals surface area contributed by atoms with E-state index in [1.807, 2.05) is 0 Å². The second kappa shape index (κ2) is 9.00. The van der Waals surface area contributed by atoms with Gasteiger partial charge in [0.1, 0.15) is 0 Å². The zero-order chi connectivity index (χ0) is 12.4. The Morgan fingerprint density at radius 3 is 2.93 bits per heavy atom. The molecule has 0 saturated heterocycles. The lowest BCUT2D eigenvalue weighted by Crippen LogP contribution is -2.17. The Morgan fingerprint density at radius 2 is 2.36 bits per heavy atom. The molecule has 2 atom stereocenters. The molecule has 84 valence electrons. The maximum atomic E-state index is 10.7. The molecule has 0 aromatic heterocycles. The van der Waals surface area contributed by atoms with Gasteiger partial charge in [0.2, 0.25) is 0 Å². The van der Waals surface area contributed by atoms with Crippen LogP contribution in [0.5, 0.6) is 0 Å². The number of carbonyl (C=O) groups is 1. The van der Waals surface area contributed by atoms with Crippen molar-refractivity contribution in [1.82, 2.24) is 0 Å². The third kappa shape index (κ3) is 8.05. The number of hydrogen-bond acceptors (Lipinski definition) is 3. The molecule has 0 amide bonds. The van der Waals surface area contributed by atoms with Gasteiger partial charge in [-0.25, -0.2) is 0 Å². The fraction of sp³-hybridized carbons (Fsp3) is 0.909. The normalized spacial score (nSPS) is 16.7. The van der Waals surface area contributed by atoms with Crippen LogP contribution in [-0.4, -0.2) is 26.2 Å². The van der Waals surface area contributed by atoms with Gasteiger partial charge in [-0.15, -0.1) is 0 Å². The highest BCUT2D eigenvalue weighted by atomic mass is 16.5. The molecule has 3 heteroatoms. The smallest absolute Gasteiger partial charge is 0.302 e. The highest BCUT2D eigenvalue weighted by molar-refractivity contribution is 5.65. The summed E-state index contributed by atoms with van der Waals surface area (Å²) in [5.74, 6) is -0.192. The minimum atomic E-state index is -1.26. The van der Waals surface area contributed by atoms with Crippen LogP contribution in [0.2, 0.25) is 0 Å². The fourth-order valence-corrected chi connectivity index (χ4v) is 1.27. The van der Waals surface area contributed by atoms with E-state index in [2.05, 4.69) is 6.92 Å². The second-order valence-corrected chi connectivity index (χ2v) is 3.50. The maximum Gasteiger partial charge on any atom is 0.302 e. The first kappa shape index (κ1) is 9.97. The summed E-state index contributed by atoms with van der Waals surface area (Å²) in [7, 11) is -1.26. The summed E-state index contributed by atoms with van der Waals surface area (Å²) in [6, 6.07) is 0. The number of methoxy groups -OCH3 is 1. The van der Waals surface area contributed by atoms with Crippen LogP contribution in [0.3, 0.4) is 0 Å². The van der Waals surface area contributed by atoms with Crippen molar-refractivity contribution in [2.75, 3.05) is 20.3 Å². The van der Waals surface area contributed by atoms with Gasteiger partial charge in [-0.3, -0.25) is 4.79 Å². The van der Waals surface area contributed by atoms with Gasteiger partial charge >= 0.3 is 5.97 Å². The minimum Gasteiger partial charge on any atom is -0.465 e. The summed E-state index contributed by atoms with van der Waals surface area (Å²) in [4.78, 5) is 10.7. The van der Waals surface area contributed by atoms with E-state index in [4.69, 9.17) is 12.2 Å². The van der Waals surface area contributed by atoms with Crippen molar-refractivity contribution in [2.45, 2.75) is 39.5 Å². The van der Waals surface area contributed by atoms with E-state index in [1.54, 1.807) is 0 Å². The van der Waals surface area contributed by atoms with Crippen molar-refractivity contribution >= 4 is 5.97 Å². The van der Waals surface area contributed by atoms with Gasteiger partial charge in [-0.1, -0.05) is 26.2 Å². The largest absolute Gasteiger partial charge is 0.465 e. The molecule has 0 aromatic rings. The topological polar surface area (TPSA) is 35.5 Å². The SMILES string of the molecule is [2H]C([3H])OCC(CCCCC)COC(C)=O. The molecule has 2 unspecified atom stereocenters. The molecule has 0 aliphatic carbocycles. The van der Waals surface area contributed by atoms with Gasteiger partial charge in [0.25, 0.3) is 0 Å². The monoisotopic (exact) mass is 205 g/mol. The van der Waals surface area contributed by atoms with Crippen molar-refractivity contribution < 1.29 is 17.0 Å². The van der Waals surface area contributed by atoms with E-state index in [0.29, 0.717) is 13.2 Å². The summed E-state index contributed by atoms with van der Waals surface area (Å²) in [6.07, 6.45) is 4.25. The van der Waals surface area contributed by atoms with E-state index >= 15 is 0 Å². The van der Waals surface area contributed by atoms with Crippen LogP contribution in [-0.2, 0) is 14.3 Å². The molecule has 0 fully saturated rings.